The van der Waals surface area contributed by atoms with E-state index in [-0.39, 0.29) is 12.0 Å². The largest absolute Gasteiger partial charge is 0.396 e. The van der Waals surface area contributed by atoms with Crippen molar-refractivity contribution in [1.82, 2.24) is 14.8 Å². The average Bonchev–Trinajstić information content (AvgIpc) is 3.04. The molecular formula is C18H29N3O2. The molecule has 5 heteroatoms. The zero-order valence-electron chi connectivity index (χ0n) is 14.3. The number of rotatable bonds is 4. The van der Waals surface area contributed by atoms with Gasteiger partial charge in [0.1, 0.15) is 12.7 Å². The highest BCUT2D eigenvalue weighted by Crippen LogP contribution is 2.61. The van der Waals surface area contributed by atoms with Crippen molar-refractivity contribution >= 4 is 0 Å². The Hall–Kier alpha value is -1.20. The molecule has 5 nitrogen and oxygen atoms in total. The van der Waals surface area contributed by atoms with Crippen LogP contribution < -0.4 is 0 Å². The number of allylic oxidation sites excluding steroid dienone is 1. The molecule has 0 aliphatic heterocycles. The van der Waals surface area contributed by atoms with Gasteiger partial charge in [0.05, 0.1) is 12.7 Å². The van der Waals surface area contributed by atoms with Crippen LogP contribution in [-0.4, -0.2) is 37.7 Å². The van der Waals surface area contributed by atoms with Gasteiger partial charge in [-0.2, -0.15) is 5.10 Å². The highest BCUT2D eigenvalue weighted by molar-refractivity contribution is 5.17. The fourth-order valence-electron chi connectivity index (χ4n) is 5.34. The molecule has 2 N–H and O–H groups in total. The van der Waals surface area contributed by atoms with Gasteiger partial charge in [-0.25, -0.2) is 4.98 Å². The van der Waals surface area contributed by atoms with Crippen molar-refractivity contribution in [2.24, 2.45) is 22.7 Å². The topological polar surface area (TPSA) is 71.2 Å². The molecule has 5 atom stereocenters. The molecule has 3 rings (SSSR count). The van der Waals surface area contributed by atoms with E-state index < -0.39 is 11.5 Å². The Kier molecular flexibility index (Phi) is 4.36. The number of aliphatic hydroxyl groups is 2. The van der Waals surface area contributed by atoms with E-state index in [1.165, 1.54) is 5.57 Å². The van der Waals surface area contributed by atoms with E-state index in [4.69, 9.17) is 0 Å². The Morgan fingerprint density at radius 2 is 2.17 bits per heavy atom. The summed E-state index contributed by atoms with van der Waals surface area (Å²) < 4.78 is 1.88. The molecule has 0 saturated heterocycles. The van der Waals surface area contributed by atoms with Crippen molar-refractivity contribution in [2.75, 3.05) is 6.61 Å². The highest BCUT2D eigenvalue weighted by Gasteiger charge is 2.57. The lowest BCUT2D eigenvalue weighted by molar-refractivity contribution is -0.152. The van der Waals surface area contributed by atoms with Gasteiger partial charge in [-0.3, -0.25) is 4.68 Å². The minimum Gasteiger partial charge on any atom is -0.396 e. The van der Waals surface area contributed by atoms with Gasteiger partial charge in [-0.15, -0.1) is 0 Å². The summed E-state index contributed by atoms with van der Waals surface area (Å²) in [6.07, 6.45) is 7.68. The van der Waals surface area contributed by atoms with Gasteiger partial charge in [0.25, 0.3) is 0 Å². The number of aliphatic hydroxyl groups excluding tert-OH is 2. The second kappa shape index (κ2) is 6.02. The van der Waals surface area contributed by atoms with Crippen LogP contribution in [0.15, 0.2) is 24.8 Å². The summed E-state index contributed by atoms with van der Waals surface area (Å²) in [6, 6.07) is 0. The predicted molar refractivity (Wildman–Crippen MR) is 88.5 cm³/mol. The van der Waals surface area contributed by atoms with Crippen molar-refractivity contribution in [3.63, 3.8) is 0 Å². The Morgan fingerprint density at radius 1 is 1.39 bits per heavy atom. The van der Waals surface area contributed by atoms with E-state index in [0.717, 1.165) is 38.6 Å². The molecule has 1 aromatic heterocycles. The van der Waals surface area contributed by atoms with Crippen molar-refractivity contribution in [1.29, 1.82) is 0 Å². The van der Waals surface area contributed by atoms with Crippen LogP contribution in [0.4, 0.5) is 0 Å². The number of aryl methyl sites for hydroxylation is 1. The fraction of sp³-hybridized carbons (Fsp3) is 0.778. The number of fused-ring (bicyclic) bond motifs is 1. The average molecular weight is 319 g/mol. The molecule has 0 radical (unpaired) electrons. The third-order valence-corrected chi connectivity index (χ3v) is 6.81. The van der Waals surface area contributed by atoms with Gasteiger partial charge < -0.3 is 10.2 Å². The summed E-state index contributed by atoms with van der Waals surface area (Å²) in [5, 5.41) is 24.7. The van der Waals surface area contributed by atoms with Crippen LogP contribution in [0.5, 0.6) is 0 Å². The minimum absolute atomic E-state index is 0.0523. The van der Waals surface area contributed by atoms with Crippen molar-refractivity contribution < 1.29 is 10.2 Å². The lowest BCUT2D eigenvalue weighted by Crippen LogP contribution is -2.57. The molecule has 0 amide bonds. The highest BCUT2D eigenvalue weighted by atomic mass is 16.3. The second-order valence-corrected chi connectivity index (χ2v) is 7.97. The van der Waals surface area contributed by atoms with Crippen molar-refractivity contribution in [2.45, 2.75) is 58.6 Å². The lowest BCUT2D eigenvalue weighted by atomic mass is 9.46. The summed E-state index contributed by atoms with van der Waals surface area (Å²) in [6.45, 7) is 9.64. The molecule has 128 valence electrons. The zero-order valence-corrected chi connectivity index (χ0v) is 14.3. The van der Waals surface area contributed by atoms with Gasteiger partial charge in [0.2, 0.25) is 0 Å². The summed E-state index contributed by atoms with van der Waals surface area (Å²) in [5.41, 5.74) is 1.01. The van der Waals surface area contributed by atoms with Crippen LogP contribution in [0.1, 0.15) is 46.0 Å². The molecule has 2 aliphatic rings. The van der Waals surface area contributed by atoms with Crippen LogP contribution in [0, 0.1) is 22.7 Å². The molecule has 2 aliphatic carbocycles. The molecule has 0 spiro atoms. The third-order valence-electron chi connectivity index (χ3n) is 6.81. The monoisotopic (exact) mass is 319 g/mol. The maximum Gasteiger partial charge on any atom is 0.137 e. The quantitative estimate of drug-likeness (QED) is 0.836. The summed E-state index contributed by atoms with van der Waals surface area (Å²) in [4.78, 5) is 4.01. The van der Waals surface area contributed by atoms with E-state index in [1.54, 1.807) is 12.7 Å². The van der Waals surface area contributed by atoms with Crippen LogP contribution in [0.25, 0.3) is 0 Å². The number of hydrogen-bond acceptors (Lipinski definition) is 4. The maximum absolute atomic E-state index is 10.5. The normalized spacial score (nSPS) is 40.9. The Morgan fingerprint density at radius 3 is 2.83 bits per heavy atom. The van der Waals surface area contributed by atoms with Crippen molar-refractivity contribution in [3.05, 3.63) is 24.8 Å². The molecule has 1 unspecified atom stereocenters. The first-order valence-electron chi connectivity index (χ1n) is 8.71. The van der Waals surface area contributed by atoms with Crippen LogP contribution in [0.2, 0.25) is 0 Å². The summed E-state index contributed by atoms with van der Waals surface area (Å²) >= 11 is 0. The molecule has 1 aromatic rings. The first-order valence-corrected chi connectivity index (χ1v) is 8.71. The number of nitrogens with zero attached hydrogens (tertiary/aromatic N) is 3. The number of aromatic nitrogens is 3. The second-order valence-electron chi connectivity index (χ2n) is 7.97. The number of hydrogen-bond donors (Lipinski definition) is 2. The van der Waals surface area contributed by atoms with Gasteiger partial charge in [-0.1, -0.05) is 26.0 Å². The molecule has 1 heterocycles. The van der Waals surface area contributed by atoms with Gasteiger partial charge in [0, 0.05) is 12.0 Å². The fourth-order valence-corrected chi connectivity index (χ4v) is 5.34. The van der Waals surface area contributed by atoms with Crippen LogP contribution in [-0.2, 0) is 6.54 Å². The van der Waals surface area contributed by atoms with E-state index in [2.05, 4.69) is 30.5 Å². The summed E-state index contributed by atoms with van der Waals surface area (Å²) in [7, 11) is 0. The van der Waals surface area contributed by atoms with Gasteiger partial charge in [-0.05, 0) is 49.4 Å². The smallest absolute Gasteiger partial charge is 0.137 e. The SMILES string of the molecule is C=C1CCC2[C@](C)(CO)[C@H](O)CC[C@@]2(C)[C@@H]1CCn1cncn1. The molecule has 0 aromatic carbocycles. The molecular weight excluding hydrogens is 290 g/mol. The standard InChI is InChI=1S/C18H29N3O2/c1-13-4-5-15-17(2,8-6-16(23)18(15,3)10-22)14(13)7-9-21-12-19-11-20-21/h11-12,14-16,22-23H,1,4-10H2,2-3H3/t14-,15?,16-,17+,18+/m1/s1. The maximum atomic E-state index is 10.5. The Balaban J connectivity index is 1.85. The molecule has 23 heavy (non-hydrogen) atoms. The van der Waals surface area contributed by atoms with Gasteiger partial charge >= 0.3 is 0 Å². The van der Waals surface area contributed by atoms with Crippen molar-refractivity contribution in [3.8, 4) is 0 Å². The first-order chi connectivity index (χ1) is 10.9. The van der Waals surface area contributed by atoms with E-state index in [9.17, 15) is 10.2 Å². The summed E-state index contributed by atoms with van der Waals surface area (Å²) in [5.74, 6) is 0.735. The Bertz CT molecular complexity index is 559. The minimum atomic E-state index is -0.409. The first kappa shape index (κ1) is 16.7. The Labute approximate surface area is 138 Å². The predicted octanol–water partition coefficient (Wildman–Crippen LogP) is 2.41. The van der Waals surface area contributed by atoms with Crippen LogP contribution in [0.3, 0.4) is 0 Å². The molecule has 0 bridgehead atoms. The van der Waals surface area contributed by atoms with E-state index in [0.29, 0.717) is 11.8 Å². The molecule has 2 saturated carbocycles. The third kappa shape index (κ3) is 2.64. The molecule has 2 fully saturated rings. The van der Waals surface area contributed by atoms with E-state index in [1.807, 2.05) is 4.68 Å². The van der Waals surface area contributed by atoms with Crippen LogP contribution >= 0.6 is 0 Å². The van der Waals surface area contributed by atoms with Gasteiger partial charge in [0.15, 0.2) is 0 Å². The zero-order chi connectivity index (χ0) is 16.7. The van der Waals surface area contributed by atoms with E-state index >= 15 is 0 Å². The lowest BCUT2D eigenvalue weighted by Gasteiger charge is -2.60.